The fourth-order valence-electron chi connectivity index (χ4n) is 3.54. The number of nitrogens with zero attached hydrogens (tertiary/aromatic N) is 1. The maximum Gasteiger partial charge on any atom is 0.259 e. The Balaban J connectivity index is 1.46. The smallest absolute Gasteiger partial charge is 0.259 e. The van der Waals surface area contributed by atoms with Crippen molar-refractivity contribution < 1.29 is 14.0 Å². The number of benzene rings is 4. The Labute approximate surface area is 203 Å². The van der Waals surface area contributed by atoms with Gasteiger partial charge in [-0.2, -0.15) is 5.10 Å². The number of nitrogens with one attached hydrogen (secondary N) is 2. The fourth-order valence-corrected chi connectivity index (χ4v) is 3.54. The second-order valence-corrected chi connectivity index (χ2v) is 7.89. The Hall–Kier alpha value is -4.58. The normalized spacial score (nSPS) is 11.1. The highest BCUT2D eigenvalue weighted by molar-refractivity contribution is 6.03. The lowest BCUT2D eigenvalue weighted by molar-refractivity contribution is -0.120. The van der Waals surface area contributed by atoms with Gasteiger partial charge in [0.1, 0.15) is 5.82 Å². The van der Waals surface area contributed by atoms with Crippen molar-refractivity contribution in [2.75, 3.05) is 6.54 Å². The largest absolute Gasteiger partial charge is 0.343 e. The fraction of sp³-hybridized carbons (Fsp3) is 0.0690. The average Bonchev–Trinajstić information content (AvgIpc) is 2.91. The first-order chi connectivity index (χ1) is 17.1. The average molecular weight is 466 g/mol. The number of halogens is 1. The van der Waals surface area contributed by atoms with E-state index in [4.69, 9.17) is 0 Å². The molecule has 4 aromatic carbocycles. The van der Waals surface area contributed by atoms with Crippen molar-refractivity contribution in [1.29, 1.82) is 0 Å². The summed E-state index contributed by atoms with van der Waals surface area (Å²) in [7, 11) is 0. The van der Waals surface area contributed by atoms with Crippen LogP contribution < -0.4 is 10.7 Å². The second-order valence-electron chi connectivity index (χ2n) is 7.89. The Morgan fingerprint density at radius 2 is 1.37 bits per heavy atom. The standard InChI is InChI=1S/C29H24FN3O2/c30-26-13-7-12-25(19-26)29(35)31-20-28(34)33-32-27(18-21-8-3-1-4-9-21)24-16-14-23(15-17-24)22-10-5-2-6-11-22/h1-17,19H,18,20H2,(H,31,35)(H,33,34)/b32-27-. The molecule has 0 saturated heterocycles. The molecule has 174 valence electrons. The molecular weight excluding hydrogens is 441 g/mol. The van der Waals surface area contributed by atoms with Crippen LogP contribution in [0.5, 0.6) is 0 Å². The first-order valence-electron chi connectivity index (χ1n) is 11.2. The zero-order chi connectivity index (χ0) is 24.5. The molecule has 0 spiro atoms. The van der Waals surface area contributed by atoms with Gasteiger partial charge in [0.15, 0.2) is 0 Å². The minimum atomic E-state index is -0.537. The van der Waals surface area contributed by atoms with E-state index in [0.29, 0.717) is 12.1 Å². The number of hydrogen-bond donors (Lipinski definition) is 2. The molecule has 0 aliphatic carbocycles. The summed E-state index contributed by atoms with van der Waals surface area (Å²) in [5, 5.41) is 6.84. The van der Waals surface area contributed by atoms with Gasteiger partial charge in [-0.25, -0.2) is 9.82 Å². The van der Waals surface area contributed by atoms with Crippen molar-refractivity contribution >= 4 is 17.5 Å². The Bertz CT molecular complexity index is 1320. The van der Waals surface area contributed by atoms with E-state index in [-0.39, 0.29) is 12.1 Å². The van der Waals surface area contributed by atoms with Gasteiger partial charge in [0, 0.05) is 12.0 Å². The van der Waals surface area contributed by atoms with E-state index >= 15 is 0 Å². The maximum absolute atomic E-state index is 13.3. The van der Waals surface area contributed by atoms with Crippen molar-refractivity contribution in [2.24, 2.45) is 5.10 Å². The number of rotatable bonds is 8. The lowest BCUT2D eigenvalue weighted by Crippen LogP contribution is -2.35. The molecule has 0 radical (unpaired) electrons. The van der Waals surface area contributed by atoms with E-state index in [2.05, 4.69) is 15.8 Å². The summed E-state index contributed by atoms with van der Waals surface area (Å²) in [4.78, 5) is 24.5. The lowest BCUT2D eigenvalue weighted by atomic mass is 9.99. The lowest BCUT2D eigenvalue weighted by Gasteiger charge is -2.10. The van der Waals surface area contributed by atoms with Gasteiger partial charge >= 0.3 is 0 Å². The van der Waals surface area contributed by atoms with Crippen molar-refractivity contribution in [3.05, 3.63) is 132 Å². The summed E-state index contributed by atoms with van der Waals surface area (Å²) in [5.41, 5.74) is 7.47. The van der Waals surface area contributed by atoms with Crippen LogP contribution in [0, 0.1) is 5.82 Å². The molecule has 2 amide bonds. The Morgan fingerprint density at radius 3 is 2.06 bits per heavy atom. The molecule has 4 aromatic rings. The van der Waals surface area contributed by atoms with E-state index in [9.17, 15) is 14.0 Å². The highest BCUT2D eigenvalue weighted by Crippen LogP contribution is 2.20. The summed E-state index contributed by atoms with van der Waals surface area (Å²) in [6, 6.07) is 33.2. The summed E-state index contributed by atoms with van der Waals surface area (Å²) in [6.45, 7) is -0.287. The van der Waals surface area contributed by atoms with E-state index in [1.165, 1.54) is 18.2 Å². The molecule has 0 saturated carbocycles. The summed E-state index contributed by atoms with van der Waals surface area (Å²) >= 11 is 0. The minimum absolute atomic E-state index is 0.143. The van der Waals surface area contributed by atoms with Crippen molar-refractivity contribution in [1.82, 2.24) is 10.7 Å². The topological polar surface area (TPSA) is 70.6 Å². The molecular formula is C29H24FN3O2. The van der Waals surface area contributed by atoms with Gasteiger partial charge in [-0.15, -0.1) is 0 Å². The predicted molar refractivity (Wildman–Crippen MR) is 135 cm³/mol. The van der Waals surface area contributed by atoms with Gasteiger partial charge in [-0.3, -0.25) is 9.59 Å². The van der Waals surface area contributed by atoms with Crippen LogP contribution in [0.3, 0.4) is 0 Å². The van der Waals surface area contributed by atoms with Gasteiger partial charge in [-0.1, -0.05) is 91.0 Å². The highest BCUT2D eigenvalue weighted by Gasteiger charge is 2.11. The molecule has 0 aromatic heterocycles. The van der Waals surface area contributed by atoms with E-state index in [1.54, 1.807) is 0 Å². The maximum atomic E-state index is 13.3. The van der Waals surface area contributed by atoms with E-state index in [1.807, 2.05) is 84.9 Å². The molecule has 6 heteroatoms. The molecule has 0 atom stereocenters. The van der Waals surface area contributed by atoms with E-state index < -0.39 is 17.6 Å². The molecule has 0 unspecified atom stereocenters. The van der Waals surface area contributed by atoms with Crippen LogP contribution in [0.15, 0.2) is 114 Å². The zero-order valence-electron chi connectivity index (χ0n) is 18.9. The third kappa shape index (κ3) is 6.71. The monoisotopic (exact) mass is 465 g/mol. The summed E-state index contributed by atoms with van der Waals surface area (Å²) < 4.78 is 13.3. The van der Waals surface area contributed by atoms with Crippen molar-refractivity contribution in [3.63, 3.8) is 0 Å². The van der Waals surface area contributed by atoms with Gasteiger partial charge in [0.25, 0.3) is 11.8 Å². The van der Waals surface area contributed by atoms with Crippen LogP contribution >= 0.6 is 0 Å². The van der Waals surface area contributed by atoms with Gasteiger partial charge in [0.05, 0.1) is 12.3 Å². The Morgan fingerprint density at radius 1 is 0.714 bits per heavy atom. The highest BCUT2D eigenvalue weighted by atomic mass is 19.1. The van der Waals surface area contributed by atoms with Gasteiger partial charge in [0.2, 0.25) is 0 Å². The van der Waals surface area contributed by atoms with Crippen LogP contribution in [0.4, 0.5) is 4.39 Å². The second kappa shape index (κ2) is 11.5. The Kier molecular flexibility index (Phi) is 7.76. The number of carbonyl (C=O) groups excluding carboxylic acids is 2. The van der Waals surface area contributed by atoms with E-state index in [0.717, 1.165) is 28.3 Å². The quantitative estimate of drug-likeness (QED) is 0.284. The SMILES string of the molecule is O=C(CNC(=O)c1cccc(F)c1)N/N=C(/Cc1ccccc1)c1ccc(-c2ccccc2)cc1. The molecule has 2 N–H and O–H groups in total. The summed E-state index contributed by atoms with van der Waals surface area (Å²) in [6.07, 6.45) is 0.515. The molecule has 0 aliphatic rings. The molecule has 0 aliphatic heterocycles. The van der Waals surface area contributed by atoms with Crippen LogP contribution in [0.2, 0.25) is 0 Å². The third-order valence-electron chi connectivity index (χ3n) is 5.35. The molecule has 4 rings (SSSR count). The minimum Gasteiger partial charge on any atom is -0.343 e. The van der Waals surface area contributed by atoms with Crippen molar-refractivity contribution in [2.45, 2.75) is 6.42 Å². The van der Waals surface area contributed by atoms with Crippen LogP contribution in [0.1, 0.15) is 21.5 Å². The first kappa shape index (κ1) is 23.6. The third-order valence-corrected chi connectivity index (χ3v) is 5.35. The number of hydrogen-bond acceptors (Lipinski definition) is 3. The molecule has 0 heterocycles. The number of amides is 2. The van der Waals surface area contributed by atoms with Crippen LogP contribution in [-0.2, 0) is 11.2 Å². The number of carbonyl (C=O) groups is 2. The molecule has 0 bridgehead atoms. The molecule has 0 fully saturated rings. The van der Waals surface area contributed by atoms with Gasteiger partial charge in [-0.05, 0) is 40.5 Å². The zero-order valence-corrected chi connectivity index (χ0v) is 18.9. The molecule has 5 nitrogen and oxygen atoms in total. The van der Waals surface area contributed by atoms with Crippen molar-refractivity contribution in [3.8, 4) is 11.1 Å². The first-order valence-corrected chi connectivity index (χ1v) is 11.2. The van der Waals surface area contributed by atoms with Gasteiger partial charge < -0.3 is 5.32 Å². The molecule has 35 heavy (non-hydrogen) atoms. The predicted octanol–water partition coefficient (Wildman–Crippen LogP) is 4.99. The number of hydrazone groups is 1. The summed E-state index contributed by atoms with van der Waals surface area (Å²) in [5.74, 6) is -1.54. The van der Waals surface area contributed by atoms with Crippen LogP contribution in [-0.4, -0.2) is 24.1 Å². The van der Waals surface area contributed by atoms with Crippen LogP contribution in [0.25, 0.3) is 11.1 Å².